The van der Waals surface area contributed by atoms with Gasteiger partial charge in [0.15, 0.2) is 0 Å². The zero-order valence-corrected chi connectivity index (χ0v) is 17.9. The van der Waals surface area contributed by atoms with E-state index in [2.05, 4.69) is 48.7 Å². The average Bonchev–Trinajstić information content (AvgIpc) is 3.07. The van der Waals surface area contributed by atoms with E-state index >= 15 is 0 Å². The lowest BCUT2D eigenvalue weighted by Crippen LogP contribution is -2.17. The molecule has 0 fully saturated rings. The van der Waals surface area contributed by atoms with Crippen LogP contribution in [0.5, 0.6) is 0 Å². The average molecular weight is 413 g/mol. The molecule has 0 saturated carbocycles. The van der Waals surface area contributed by atoms with Crippen molar-refractivity contribution in [1.82, 2.24) is 0 Å². The number of amides is 1. The first-order valence-electron chi connectivity index (χ1n) is 9.96. The Balaban J connectivity index is 1.76. The molecule has 150 valence electrons. The highest BCUT2D eigenvalue weighted by Gasteiger charge is 2.24. The second-order valence-corrected chi connectivity index (χ2v) is 8.43. The fourth-order valence-electron chi connectivity index (χ4n) is 3.52. The molecule has 4 aromatic rings. The summed E-state index contributed by atoms with van der Waals surface area (Å²) in [6.07, 6.45) is 0. The fourth-order valence-corrected chi connectivity index (χ4v) is 4.61. The van der Waals surface area contributed by atoms with Crippen LogP contribution < -0.4 is 10.6 Å². The van der Waals surface area contributed by atoms with Gasteiger partial charge in [-0.1, -0.05) is 66.7 Å². The number of carbonyl (C=O) groups excluding carboxylic acids is 1. The highest BCUT2D eigenvalue weighted by molar-refractivity contribution is 7.16. The van der Waals surface area contributed by atoms with Gasteiger partial charge in [0.1, 0.15) is 5.00 Å². The molecule has 0 aliphatic heterocycles. The molecule has 0 aliphatic carbocycles. The molecule has 0 saturated heterocycles. The van der Waals surface area contributed by atoms with Crippen LogP contribution in [-0.2, 0) is 0 Å². The van der Waals surface area contributed by atoms with Crippen molar-refractivity contribution >= 4 is 27.9 Å². The van der Waals surface area contributed by atoms with Gasteiger partial charge in [-0.05, 0) is 49.2 Å². The van der Waals surface area contributed by atoms with E-state index in [0.29, 0.717) is 5.56 Å². The smallest absolute Gasteiger partial charge is 0.256 e. The Labute approximate surface area is 181 Å². The highest BCUT2D eigenvalue weighted by atomic mass is 32.1. The number of benzene rings is 3. The molecule has 0 radical (unpaired) electrons. The molecule has 1 heterocycles. The molecule has 2 N–H and O–H groups in total. The van der Waals surface area contributed by atoms with E-state index < -0.39 is 0 Å². The predicted octanol–water partition coefficient (Wildman–Crippen LogP) is 6.82. The van der Waals surface area contributed by atoms with E-state index in [1.165, 1.54) is 10.4 Å². The first-order chi connectivity index (χ1) is 14.6. The summed E-state index contributed by atoms with van der Waals surface area (Å²) < 4.78 is 0. The second-order valence-electron chi connectivity index (χ2n) is 7.20. The van der Waals surface area contributed by atoms with Crippen molar-refractivity contribution in [3.63, 3.8) is 0 Å². The van der Waals surface area contributed by atoms with Crippen LogP contribution in [-0.4, -0.2) is 5.91 Å². The van der Waals surface area contributed by atoms with Crippen molar-refractivity contribution in [2.45, 2.75) is 19.9 Å². The van der Waals surface area contributed by atoms with Crippen molar-refractivity contribution in [3.05, 3.63) is 118 Å². The Bertz CT molecular complexity index is 1120. The van der Waals surface area contributed by atoms with Crippen molar-refractivity contribution < 1.29 is 4.79 Å². The van der Waals surface area contributed by atoms with Gasteiger partial charge in [0.05, 0.1) is 6.04 Å². The summed E-state index contributed by atoms with van der Waals surface area (Å²) in [6, 6.07) is 29.8. The van der Waals surface area contributed by atoms with E-state index in [1.54, 1.807) is 11.3 Å². The molecule has 3 nitrogen and oxygen atoms in total. The van der Waals surface area contributed by atoms with Gasteiger partial charge in [-0.2, -0.15) is 0 Å². The third-order valence-corrected chi connectivity index (χ3v) is 6.34. The minimum absolute atomic E-state index is 0.0791. The molecule has 1 amide bonds. The van der Waals surface area contributed by atoms with Crippen LogP contribution in [0.2, 0.25) is 0 Å². The molecule has 3 aromatic carbocycles. The van der Waals surface area contributed by atoms with Crippen molar-refractivity contribution in [3.8, 4) is 0 Å². The molecule has 30 heavy (non-hydrogen) atoms. The zero-order chi connectivity index (χ0) is 20.9. The lowest BCUT2D eigenvalue weighted by Gasteiger charge is -2.23. The standard InChI is InChI=1S/C26H24N2OS/c1-18-19(2)30-26(28-25(29)21-14-8-4-9-15-21)23(18)24(20-12-6-3-7-13-20)27-22-16-10-5-11-17-22/h3-17,24,27H,1-2H3,(H,28,29). The van der Waals surface area contributed by atoms with Gasteiger partial charge in [0.2, 0.25) is 0 Å². The van der Waals surface area contributed by atoms with Crippen LogP contribution in [0.4, 0.5) is 10.7 Å². The summed E-state index contributed by atoms with van der Waals surface area (Å²) in [4.78, 5) is 14.1. The number of carbonyl (C=O) groups is 1. The Morgan fingerprint density at radius 3 is 2.00 bits per heavy atom. The van der Waals surface area contributed by atoms with Crippen LogP contribution >= 0.6 is 11.3 Å². The van der Waals surface area contributed by atoms with Gasteiger partial charge in [-0.3, -0.25) is 4.79 Å². The van der Waals surface area contributed by atoms with Gasteiger partial charge in [-0.15, -0.1) is 11.3 Å². The lowest BCUT2D eigenvalue weighted by atomic mass is 9.96. The van der Waals surface area contributed by atoms with E-state index in [-0.39, 0.29) is 11.9 Å². The molecular formula is C26H24N2OS. The minimum atomic E-state index is -0.0929. The van der Waals surface area contributed by atoms with Crippen LogP contribution in [0, 0.1) is 13.8 Å². The number of para-hydroxylation sites is 1. The third-order valence-electron chi connectivity index (χ3n) is 5.20. The number of hydrogen-bond donors (Lipinski definition) is 2. The Kier molecular flexibility index (Phi) is 5.96. The topological polar surface area (TPSA) is 41.1 Å². The molecule has 4 rings (SSSR count). The van der Waals surface area contributed by atoms with Crippen LogP contribution in [0.15, 0.2) is 91.0 Å². The first kappa shape index (κ1) is 19.9. The monoisotopic (exact) mass is 412 g/mol. The van der Waals surface area contributed by atoms with Crippen molar-refractivity contribution in [2.24, 2.45) is 0 Å². The Hall–Kier alpha value is -3.37. The number of rotatable bonds is 6. The molecular weight excluding hydrogens is 388 g/mol. The van der Waals surface area contributed by atoms with Gasteiger partial charge in [0.25, 0.3) is 5.91 Å². The maximum atomic E-state index is 12.9. The number of thiophene rings is 1. The number of hydrogen-bond acceptors (Lipinski definition) is 3. The maximum absolute atomic E-state index is 12.9. The molecule has 0 bridgehead atoms. The Morgan fingerprint density at radius 1 is 0.800 bits per heavy atom. The third kappa shape index (κ3) is 4.29. The molecule has 0 spiro atoms. The van der Waals surface area contributed by atoms with Gasteiger partial charge in [0, 0.05) is 21.7 Å². The quantitative estimate of drug-likeness (QED) is 0.365. The largest absolute Gasteiger partial charge is 0.374 e. The summed E-state index contributed by atoms with van der Waals surface area (Å²) in [5.41, 5.74) is 5.14. The van der Waals surface area contributed by atoms with Crippen LogP contribution in [0.1, 0.15) is 38.0 Å². The second kappa shape index (κ2) is 8.97. The number of aryl methyl sites for hydroxylation is 1. The van der Waals surface area contributed by atoms with Crippen LogP contribution in [0.25, 0.3) is 0 Å². The number of nitrogens with one attached hydrogen (secondary N) is 2. The molecule has 1 aromatic heterocycles. The fraction of sp³-hybridized carbons (Fsp3) is 0.115. The van der Waals surface area contributed by atoms with E-state index in [0.717, 1.165) is 21.8 Å². The van der Waals surface area contributed by atoms with Crippen molar-refractivity contribution in [2.75, 3.05) is 10.6 Å². The Morgan fingerprint density at radius 2 is 1.37 bits per heavy atom. The zero-order valence-electron chi connectivity index (χ0n) is 17.1. The maximum Gasteiger partial charge on any atom is 0.256 e. The summed E-state index contributed by atoms with van der Waals surface area (Å²) in [5, 5.41) is 7.72. The summed E-state index contributed by atoms with van der Waals surface area (Å²) in [6.45, 7) is 4.23. The van der Waals surface area contributed by atoms with Gasteiger partial charge >= 0.3 is 0 Å². The molecule has 1 atom stereocenters. The normalized spacial score (nSPS) is 11.7. The van der Waals surface area contributed by atoms with E-state index in [1.807, 2.05) is 66.7 Å². The van der Waals surface area contributed by atoms with Crippen LogP contribution in [0.3, 0.4) is 0 Å². The van der Waals surface area contributed by atoms with Gasteiger partial charge < -0.3 is 10.6 Å². The molecule has 1 unspecified atom stereocenters. The highest BCUT2D eigenvalue weighted by Crippen LogP contribution is 2.41. The van der Waals surface area contributed by atoms with E-state index in [9.17, 15) is 4.79 Å². The van der Waals surface area contributed by atoms with E-state index in [4.69, 9.17) is 0 Å². The summed E-state index contributed by atoms with van der Waals surface area (Å²) in [7, 11) is 0. The first-order valence-corrected chi connectivity index (χ1v) is 10.8. The molecule has 0 aliphatic rings. The minimum Gasteiger partial charge on any atom is -0.374 e. The van der Waals surface area contributed by atoms with Gasteiger partial charge in [-0.25, -0.2) is 0 Å². The summed E-state index contributed by atoms with van der Waals surface area (Å²) >= 11 is 1.63. The predicted molar refractivity (Wildman–Crippen MR) is 127 cm³/mol. The molecule has 4 heteroatoms. The SMILES string of the molecule is Cc1sc(NC(=O)c2ccccc2)c(C(Nc2ccccc2)c2ccccc2)c1C. The number of anilines is 2. The summed E-state index contributed by atoms with van der Waals surface area (Å²) in [5.74, 6) is -0.0929. The van der Waals surface area contributed by atoms with Crippen molar-refractivity contribution in [1.29, 1.82) is 0 Å². The lowest BCUT2D eigenvalue weighted by molar-refractivity contribution is 0.102.